The van der Waals surface area contributed by atoms with Crippen molar-refractivity contribution < 1.29 is 4.92 Å². The van der Waals surface area contributed by atoms with Crippen LogP contribution in [-0.2, 0) is 0 Å². The third-order valence-corrected chi connectivity index (χ3v) is 5.29. The lowest BCUT2D eigenvalue weighted by Crippen LogP contribution is -2.19. The quantitative estimate of drug-likeness (QED) is 0.229. The Balaban J connectivity index is 1.88. The number of rotatable bonds is 5. The fourth-order valence-corrected chi connectivity index (χ4v) is 3.52. The number of aliphatic imine (C=N–C) groups is 1. The van der Waals surface area contributed by atoms with Crippen molar-refractivity contribution in [2.75, 3.05) is 0 Å². The van der Waals surface area contributed by atoms with E-state index in [9.17, 15) is 14.9 Å². The van der Waals surface area contributed by atoms with Gasteiger partial charge in [-0.25, -0.2) is 4.68 Å². The van der Waals surface area contributed by atoms with Crippen LogP contribution >= 0.6 is 15.9 Å². The molecule has 0 saturated heterocycles. The van der Waals surface area contributed by atoms with Crippen molar-refractivity contribution in [3.8, 4) is 16.9 Å². The van der Waals surface area contributed by atoms with Crippen molar-refractivity contribution in [3.63, 3.8) is 0 Å². The average Bonchev–Trinajstić information content (AvgIpc) is 3.13. The number of nitro groups is 1. The Morgan fingerprint density at radius 2 is 1.65 bits per heavy atom. The Bertz CT molecular complexity index is 1320. The number of halogens is 1. The molecule has 8 heteroatoms. The van der Waals surface area contributed by atoms with Gasteiger partial charge in [0, 0.05) is 22.2 Å². The first-order valence-corrected chi connectivity index (χ1v) is 10.2. The second-order valence-corrected chi connectivity index (χ2v) is 7.73. The van der Waals surface area contributed by atoms with E-state index in [-0.39, 0.29) is 11.2 Å². The zero-order chi connectivity index (χ0) is 22.0. The lowest BCUT2D eigenvalue weighted by atomic mass is 10.1. The molecule has 0 amide bonds. The molecule has 0 aliphatic heterocycles. The monoisotopic (exact) mass is 476 g/mol. The zero-order valence-corrected chi connectivity index (χ0v) is 18.0. The molecular formula is C23H17BrN4O3. The van der Waals surface area contributed by atoms with Crippen LogP contribution in [0.4, 0.5) is 11.4 Å². The molecule has 4 rings (SSSR count). The second kappa shape index (κ2) is 8.53. The Morgan fingerprint density at radius 1 is 1.00 bits per heavy atom. The summed E-state index contributed by atoms with van der Waals surface area (Å²) in [5, 5.41) is 14.1. The number of non-ortho nitro benzene ring substituents is 1. The minimum atomic E-state index is -0.475. The highest BCUT2D eigenvalue weighted by atomic mass is 79.9. The van der Waals surface area contributed by atoms with Crippen LogP contribution in [0.15, 0.2) is 93.1 Å². The normalized spacial score (nSPS) is 11.5. The minimum Gasteiger partial charge on any atom is -0.290 e. The van der Waals surface area contributed by atoms with Gasteiger partial charge in [0.15, 0.2) is 0 Å². The number of nitrogens with one attached hydrogen (secondary N) is 1. The SMILES string of the molecule is CC(=Nc1ccc(Br)cc1)c1c(-c2ccccc2)[nH]n(-c2ccc([N+](=O)[O-])cc2)c1=O. The summed E-state index contributed by atoms with van der Waals surface area (Å²) in [5.74, 6) is 0. The Kier molecular flexibility index (Phi) is 5.64. The molecule has 0 aliphatic carbocycles. The van der Waals surface area contributed by atoms with Crippen LogP contribution in [0.1, 0.15) is 12.5 Å². The van der Waals surface area contributed by atoms with Gasteiger partial charge in [-0.15, -0.1) is 0 Å². The fourth-order valence-electron chi connectivity index (χ4n) is 3.26. The van der Waals surface area contributed by atoms with E-state index in [1.54, 1.807) is 6.92 Å². The standard InChI is InChI=1S/C23H17BrN4O3/c1-15(25-18-9-7-17(24)8-10-18)21-22(16-5-3-2-4-6-16)26-27(23(21)29)19-11-13-20(14-12-19)28(30)31/h2-14,26H,1H3. The van der Waals surface area contributed by atoms with E-state index in [2.05, 4.69) is 26.0 Å². The molecule has 0 fully saturated rings. The number of benzene rings is 3. The van der Waals surface area contributed by atoms with Gasteiger partial charge in [-0.1, -0.05) is 46.3 Å². The van der Waals surface area contributed by atoms with E-state index in [4.69, 9.17) is 0 Å². The van der Waals surface area contributed by atoms with Gasteiger partial charge in [0.2, 0.25) is 0 Å². The van der Waals surface area contributed by atoms with Gasteiger partial charge in [-0.3, -0.25) is 25.0 Å². The number of aromatic amines is 1. The van der Waals surface area contributed by atoms with Gasteiger partial charge in [0.25, 0.3) is 11.2 Å². The summed E-state index contributed by atoms with van der Waals surface area (Å²) in [6.45, 7) is 1.79. The highest BCUT2D eigenvalue weighted by Gasteiger charge is 2.19. The van der Waals surface area contributed by atoms with Gasteiger partial charge in [-0.05, 0) is 43.3 Å². The molecule has 0 radical (unpaired) electrons. The number of hydrogen-bond acceptors (Lipinski definition) is 4. The molecule has 0 saturated carbocycles. The smallest absolute Gasteiger partial charge is 0.280 e. The predicted molar refractivity (Wildman–Crippen MR) is 124 cm³/mol. The number of aromatic nitrogens is 2. The van der Waals surface area contributed by atoms with Crippen LogP contribution in [0.3, 0.4) is 0 Å². The Labute approximate surface area is 186 Å². The molecule has 1 aromatic heterocycles. The van der Waals surface area contributed by atoms with E-state index < -0.39 is 4.92 Å². The van der Waals surface area contributed by atoms with Crippen LogP contribution in [-0.4, -0.2) is 20.4 Å². The van der Waals surface area contributed by atoms with Gasteiger partial charge < -0.3 is 0 Å². The summed E-state index contributed by atoms with van der Waals surface area (Å²) in [5.41, 5.74) is 3.35. The van der Waals surface area contributed by atoms with Crippen LogP contribution in [0, 0.1) is 10.1 Å². The van der Waals surface area contributed by atoms with E-state index in [1.165, 1.54) is 28.9 Å². The molecular weight excluding hydrogens is 460 g/mol. The van der Waals surface area contributed by atoms with Crippen molar-refractivity contribution >= 4 is 33.0 Å². The zero-order valence-electron chi connectivity index (χ0n) is 16.4. The van der Waals surface area contributed by atoms with Gasteiger partial charge in [-0.2, -0.15) is 0 Å². The third-order valence-electron chi connectivity index (χ3n) is 4.76. The molecule has 0 aliphatic rings. The maximum absolute atomic E-state index is 13.4. The summed E-state index contributed by atoms with van der Waals surface area (Å²) < 4.78 is 2.32. The molecule has 1 heterocycles. The summed E-state index contributed by atoms with van der Waals surface area (Å²) in [7, 11) is 0. The summed E-state index contributed by atoms with van der Waals surface area (Å²) in [4.78, 5) is 28.5. The topological polar surface area (TPSA) is 93.3 Å². The van der Waals surface area contributed by atoms with Crippen molar-refractivity contribution in [1.82, 2.24) is 9.78 Å². The number of nitro benzene ring substituents is 1. The molecule has 7 nitrogen and oxygen atoms in total. The first-order chi connectivity index (χ1) is 14.9. The molecule has 0 spiro atoms. The molecule has 3 aromatic carbocycles. The maximum Gasteiger partial charge on any atom is 0.280 e. The molecule has 0 bridgehead atoms. The largest absolute Gasteiger partial charge is 0.290 e. The Morgan fingerprint density at radius 3 is 2.26 bits per heavy atom. The lowest BCUT2D eigenvalue weighted by molar-refractivity contribution is -0.384. The Hall–Kier alpha value is -3.78. The third kappa shape index (κ3) is 4.24. The van der Waals surface area contributed by atoms with Gasteiger partial charge in [0.05, 0.1) is 33.3 Å². The number of H-pyrrole nitrogens is 1. The molecule has 0 unspecified atom stereocenters. The predicted octanol–water partition coefficient (Wildman–Crippen LogP) is 5.64. The van der Waals surface area contributed by atoms with E-state index in [1.807, 2.05) is 54.6 Å². The van der Waals surface area contributed by atoms with Crippen LogP contribution in [0.2, 0.25) is 0 Å². The summed E-state index contributed by atoms with van der Waals surface area (Å²) in [6.07, 6.45) is 0. The first-order valence-electron chi connectivity index (χ1n) is 9.40. The van der Waals surface area contributed by atoms with Crippen molar-refractivity contribution in [2.24, 2.45) is 4.99 Å². The van der Waals surface area contributed by atoms with Crippen molar-refractivity contribution in [3.05, 3.63) is 109 Å². The van der Waals surface area contributed by atoms with Gasteiger partial charge in [0.1, 0.15) is 0 Å². The second-order valence-electron chi connectivity index (χ2n) is 6.82. The fraction of sp³-hybridized carbons (Fsp3) is 0.0435. The van der Waals surface area contributed by atoms with Crippen LogP contribution in [0.25, 0.3) is 16.9 Å². The molecule has 154 valence electrons. The number of hydrogen-bond donors (Lipinski definition) is 1. The highest BCUT2D eigenvalue weighted by Crippen LogP contribution is 2.24. The molecule has 4 aromatic rings. The highest BCUT2D eigenvalue weighted by molar-refractivity contribution is 9.10. The summed E-state index contributed by atoms with van der Waals surface area (Å²) >= 11 is 3.40. The minimum absolute atomic E-state index is 0.0418. The van der Waals surface area contributed by atoms with Gasteiger partial charge >= 0.3 is 0 Å². The average molecular weight is 477 g/mol. The molecule has 0 atom stereocenters. The maximum atomic E-state index is 13.4. The molecule has 31 heavy (non-hydrogen) atoms. The van der Waals surface area contributed by atoms with Crippen molar-refractivity contribution in [2.45, 2.75) is 6.92 Å². The van der Waals surface area contributed by atoms with E-state index in [0.29, 0.717) is 22.7 Å². The van der Waals surface area contributed by atoms with E-state index >= 15 is 0 Å². The van der Waals surface area contributed by atoms with Crippen molar-refractivity contribution in [1.29, 1.82) is 0 Å². The first kappa shape index (κ1) is 20.5. The lowest BCUT2D eigenvalue weighted by Gasteiger charge is -2.03. The summed E-state index contributed by atoms with van der Waals surface area (Å²) in [6, 6.07) is 22.8. The van der Waals surface area contributed by atoms with E-state index in [0.717, 1.165) is 15.7 Å². The van der Waals surface area contributed by atoms with Crippen LogP contribution in [0.5, 0.6) is 0 Å². The number of nitrogens with zero attached hydrogens (tertiary/aromatic N) is 3. The van der Waals surface area contributed by atoms with Crippen LogP contribution < -0.4 is 5.56 Å². The molecule has 1 N–H and O–H groups in total.